The summed E-state index contributed by atoms with van der Waals surface area (Å²) >= 11 is 2.12. The Hall–Kier alpha value is -0.353. The minimum Gasteiger partial charge on any atom is -0.444 e. The molecule has 0 aromatic carbocycles. The second kappa shape index (κ2) is 9.91. The maximum atomic E-state index is 12.6. The fourth-order valence-electron chi connectivity index (χ4n) is 1.96. The molecule has 0 aliphatic rings. The molecule has 2 atom stereocenters. The number of carbonyl (C=O) groups is 2. The van der Waals surface area contributed by atoms with Crippen LogP contribution in [-0.4, -0.2) is 60.5 Å². The summed E-state index contributed by atoms with van der Waals surface area (Å²) in [5.41, 5.74) is -0.570. The van der Waals surface area contributed by atoms with E-state index in [1.165, 1.54) is 4.90 Å². The lowest BCUT2D eigenvalue weighted by Gasteiger charge is -2.41. The fourth-order valence-corrected chi connectivity index (χ4v) is 4.11. The van der Waals surface area contributed by atoms with Crippen molar-refractivity contribution in [2.24, 2.45) is 0 Å². The highest BCUT2D eigenvalue weighted by atomic mass is 127. The van der Waals surface area contributed by atoms with Crippen molar-refractivity contribution in [1.82, 2.24) is 10.2 Å². The largest absolute Gasteiger partial charge is 0.444 e. The molecule has 0 unspecified atom stereocenters. The quantitative estimate of drug-likeness (QED) is 0.307. The van der Waals surface area contributed by atoms with Crippen molar-refractivity contribution in [3.05, 3.63) is 0 Å². The number of amides is 2. The molecule has 0 aliphatic heterocycles. The molecule has 0 aromatic heterocycles. The van der Waals surface area contributed by atoms with E-state index in [2.05, 4.69) is 61.8 Å². The predicted octanol–water partition coefficient (Wildman–Crippen LogP) is 4.57. The van der Waals surface area contributed by atoms with Gasteiger partial charge in [0, 0.05) is 13.1 Å². The molecule has 0 aliphatic carbocycles. The first-order chi connectivity index (χ1) is 11.9. The molecule has 8 heteroatoms. The monoisotopic (exact) mass is 514 g/mol. The molecule has 27 heavy (non-hydrogen) atoms. The Morgan fingerprint density at radius 1 is 1.11 bits per heavy atom. The first-order valence-electron chi connectivity index (χ1n) is 9.44. The zero-order valence-electron chi connectivity index (χ0n) is 18.9. The summed E-state index contributed by atoms with van der Waals surface area (Å²) in [6.45, 7) is 20.4. The number of nitrogens with zero attached hydrogens (tertiary/aromatic N) is 1. The second-order valence-electron chi connectivity index (χ2n) is 9.84. The van der Waals surface area contributed by atoms with E-state index >= 15 is 0 Å². The Bertz CT molecular complexity index is 513. The number of nitrogens with one attached hydrogen (secondary N) is 1. The Morgan fingerprint density at radius 2 is 1.59 bits per heavy atom. The van der Waals surface area contributed by atoms with Crippen LogP contribution in [-0.2, 0) is 14.0 Å². The lowest BCUT2D eigenvalue weighted by molar-refractivity contribution is -0.122. The zero-order valence-corrected chi connectivity index (χ0v) is 22.1. The molecule has 0 bridgehead atoms. The van der Waals surface area contributed by atoms with Gasteiger partial charge in [-0.3, -0.25) is 4.79 Å². The van der Waals surface area contributed by atoms with E-state index in [-0.39, 0.29) is 17.0 Å². The maximum Gasteiger partial charge on any atom is 0.410 e. The highest BCUT2D eigenvalue weighted by molar-refractivity contribution is 14.1. The van der Waals surface area contributed by atoms with Crippen LogP contribution in [0, 0.1) is 0 Å². The third kappa shape index (κ3) is 9.60. The molecule has 160 valence electrons. The zero-order chi connectivity index (χ0) is 21.8. The standard InChI is InChI=1S/C19H39IN2O4Si/c1-13(2)21-16(23)15(20)14(26-27(10,11)19(6,7)8)12-22(9)17(24)25-18(3,4)5/h13-15H,12H2,1-11H3,(H,21,23)/t14-,15-/m0/s1. The van der Waals surface area contributed by atoms with Gasteiger partial charge in [-0.2, -0.15) is 0 Å². The van der Waals surface area contributed by atoms with E-state index in [4.69, 9.17) is 9.16 Å². The van der Waals surface area contributed by atoms with Crippen LogP contribution in [0.1, 0.15) is 55.4 Å². The fraction of sp³-hybridized carbons (Fsp3) is 0.895. The summed E-state index contributed by atoms with van der Waals surface area (Å²) in [6, 6.07) is 0.0480. The number of alkyl halides is 1. The van der Waals surface area contributed by atoms with Gasteiger partial charge in [0.25, 0.3) is 0 Å². The summed E-state index contributed by atoms with van der Waals surface area (Å²) in [5.74, 6) is -0.0769. The molecule has 0 spiro atoms. The smallest absolute Gasteiger partial charge is 0.410 e. The third-order valence-electron chi connectivity index (χ3n) is 4.42. The molecule has 6 nitrogen and oxygen atoms in total. The number of carbonyl (C=O) groups excluding carboxylic acids is 2. The Kier molecular flexibility index (Phi) is 9.78. The molecule has 2 amide bonds. The van der Waals surface area contributed by atoms with Gasteiger partial charge in [-0.25, -0.2) is 4.79 Å². The van der Waals surface area contributed by atoms with Crippen molar-refractivity contribution in [2.75, 3.05) is 13.6 Å². The van der Waals surface area contributed by atoms with Crippen molar-refractivity contribution >= 4 is 42.9 Å². The molecule has 0 saturated heterocycles. The molecule has 0 saturated carbocycles. The van der Waals surface area contributed by atoms with Crippen LogP contribution in [0.5, 0.6) is 0 Å². The number of likely N-dealkylation sites (N-methyl/N-ethyl adjacent to an activating group) is 1. The second-order valence-corrected chi connectivity index (χ2v) is 15.9. The van der Waals surface area contributed by atoms with Crippen molar-refractivity contribution in [3.63, 3.8) is 0 Å². The molecule has 0 rings (SSSR count). The predicted molar refractivity (Wildman–Crippen MR) is 122 cm³/mol. The van der Waals surface area contributed by atoms with Crippen LogP contribution >= 0.6 is 22.6 Å². The molecule has 1 N–H and O–H groups in total. The Morgan fingerprint density at radius 3 is 1.96 bits per heavy atom. The first-order valence-corrected chi connectivity index (χ1v) is 13.6. The van der Waals surface area contributed by atoms with Gasteiger partial charge in [-0.1, -0.05) is 43.4 Å². The van der Waals surface area contributed by atoms with Gasteiger partial charge in [0.1, 0.15) is 9.53 Å². The Labute approximate surface area is 180 Å². The van der Waals surface area contributed by atoms with Gasteiger partial charge in [0.2, 0.25) is 5.91 Å². The van der Waals surface area contributed by atoms with Gasteiger partial charge in [0.15, 0.2) is 8.32 Å². The van der Waals surface area contributed by atoms with E-state index < -0.39 is 30.0 Å². The van der Waals surface area contributed by atoms with E-state index in [9.17, 15) is 9.59 Å². The molecule has 0 heterocycles. The van der Waals surface area contributed by atoms with Gasteiger partial charge in [-0.15, -0.1) is 0 Å². The first kappa shape index (κ1) is 26.6. The molecule has 0 radical (unpaired) electrons. The van der Waals surface area contributed by atoms with E-state index in [0.29, 0.717) is 6.54 Å². The SMILES string of the molecule is CC(C)NC(=O)[C@@H](I)[C@H](CN(C)C(=O)OC(C)(C)C)O[Si](C)(C)C(C)(C)C. The number of halogens is 1. The van der Waals surface area contributed by atoms with Crippen LogP contribution in [0.4, 0.5) is 4.79 Å². The van der Waals surface area contributed by atoms with Crippen LogP contribution in [0.25, 0.3) is 0 Å². The minimum atomic E-state index is -2.13. The van der Waals surface area contributed by atoms with Gasteiger partial charge in [0.05, 0.1) is 12.6 Å². The van der Waals surface area contributed by atoms with Gasteiger partial charge < -0.3 is 19.4 Å². The topological polar surface area (TPSA) is 67.9 Å². The molecular weight excluding hydrogens is 475 g/mol. The summed E-state index contributed by atoms with van der Waals surface area (Å²) in [5, 5.41) is 2.94. The number of ether oxygens (including phenoxy) is 1. The van der Waals surface area contributed by atoms with Crippen LogP contribution in [0.3, 0.4) is 0 Å². The highest BCUT2D eigenvalue weighted by Gasteiger charge is 2.42. The normalized spacial score (nSPS) is 15.3. The summed E-state index contributed by atoms with van der Waals surface area (Å²) < 4.78 is 11.6. The van der Waals surface area contributed by atoms with E-state index in [0.717, 1.165) is 0 Å². The van der Waals surface area contributed by atoms with E-state index in [1.807, 2.05) is 34.6 Å². The summed E-state index contributed by atoms with van der Waals surface area (Å²) in [6.07, 6.45) is -0.832. The lowest BCUT2D eigenvalue weighted by Crippen LogP contribution is -2.53. The average Bonchev–Trinajstić information content (AvgIpc) is 2.41. The van der Waals surface area contributed by atoms with E-state index in [1.54, 1.807) is 7.05 Å². The summed E-state index contributed by atoms with van der Waals surface area (Å²) in [4.78, 5) is 26.5. The van der Waals surface area contributed by atoms with Crippen molar-refractivity contribution in [2.45, 2.75) is 95.2 Å². The number of hydrogen-bond donors (Lipinski definition) is 1. The minimum absolute atomic E-state index is 0.000619. The van der Waals surface area contributed by atoms with Crippen LogP contribution in [0.2, 0.25) is 18.1 Å². The lowest BCUT2D eigenvalue weighted by atomic mass is 10.2. The van der Waals surface area contributed by atoms with Gasteiger partial charge in [-0.05, 0) is 52.8 Å². The number of hydrogen-bond acceptors (Lipinski definition) is 4. The highest BCUT2D eigenvalue weighted by Crippen LogP contribution is 2.38. The molecular formula is C19H39IN2O4Si. The van der Waals surface area contributed by atoms with Crippen LogP contribution in [0.15, 0.2) is 0 Å². The maximum absolute atomic E-state index is 12.6. The average molecular weight is 515 g/mol. The van der Waals surface area contributed by atoms with Crippen molar-refractivity contribution in [1.29, 1.82) is 0 Å². The summed E-state index contributed by atoms with van der Waals surface area (Å²) in [7, 11) is -0.448. The number of rotatable bonds is 7. The van der Waals surface area contributed by atoms with Gasteiger partial charge >= 0.3 is 6.09 Å². The molecule has 0 aromatic rings. The molecule has 0 fully saturated rings. The van der Waals surface area contributed by atoms with Crippen LogP contribution < -0.4 is 5.32 Å². The van der Waals surface area contributed by atoms with Crippen molar-refractivity contribution in [3.8, 4) is 0 Å². The van der Waals surface area contributed by atoms with Crippen molar-refractivity contribution < 1.29 is 18.8 Å². The third-order valence-corrected chi connectivity index (χ3v) is 10.3. The Balaban J connectivity index is 5.47.